The summed E-state index contributed by atoms with van der Waals surface area (Å²) in [6, 6.07) is 8.15. The Labute approximate surface area is 158 Å². The summed E-state index contributed by atoms with van der Waals surface area (Å²) in [4.78, 5) is 25.9. The van der Waals surface area contributed by atoms with Crippen LogP contribution in [-0.2, 0) is 16.0 Å². The molecule has 0 saturated carbocycles. The summed E-state index contributed by atoms with van der Waals surface area (Å²) in [6.07, 6.45) is 1.04. The van der Waals surface area contributed by atoms with Crippen molar-refractivity contribution in [1.82, 2.24) is 15.5 Å². The molecule has 0 aromatic heterocycles. The minimum absolute atomic E-state index is 0. The predicted octanol–water partition coefficient (Wildman–Crippen LogP) is 2.20. The molecule has 1 rings (SSSR count). The largest absolute Gasteiger partial charge is 0.353 e. The predicted molar refractivity (Wildman–Crippen MR) is 105 cm³/mol. The Morgan fingerprint density at radius 1 is 1.04 bits per heavy atom. The van der Waals surface area contributed by atoms with E-state index < -0.39 is 0 Å². The zero-order valence-corrected chi connectivity index (χ0v) is 16.8. The first kappa shape index (κ1) is 23.4. The Balaban J connectivity index is 0.00000576. The third-order valence-electron chi connectivity index (χ3n) is 3.82. The van der Waals surface area contributed by atoms with Crippen LogP contribution in [0.1, 0.15) is 37.8 Å². The van der Waals surface area contributed by atoms with Gasteiger partial charge in [0.05, 0.1) is 12.5 Å². The molecule has 142 valence electrons. The lowest BCUT2D eigenvalue weighted by Gasteiger charge is -2.14. The summed E-state index contributed by atoms with van der Waals surface area (Å²) >= 11 is 0. The number of benzene rings is 1. The first-order valence-electron chi connectivity index (χ1n) is 8.57. The number of hydrogen-bond acceptors (Lipinski definition) is 3. The van der Waals surface area contributed by atoms with Gasteiger partial charge in [0.15, 0.2) is 0 Å². The Hall–Kier alpha value is -1.59. The maximum atomic E-state index is 12.2. The van der Waals surface area contributed by atoms with Crippen molar-refractivity contribution >= 4 is 24.2 Å². The average molecular weight is 370 g/mol. The van der Waals surface area contributed by atoms with Gasteiger partial charge >= 0.3 is 0 Å². The van der Waals surface area contributed by atoms with Gasteiger partial charge in [0, 0.05) is 13.1 Å². The fraction of sp³-hybridized carbons (Fsp3) is 0.579. The fourth-order valence-corrected chi connectivity index (χ4v) is 2.37. The van der Waals surface area contributed by atoms with Crippen molar-refractivity contribution in [2.24, 2.45) is 5.92 Å². The third-order valence-corrected chi connectivity index (χ3v) is 3.82. The number of nitrogens with one attached hydrogen (secondary N) is 2. The lowest BCUT2D eigenvalue weighted by molar-refractivity contribution is -0.126. The van der Waals surface area contributed by atoms with Gasteiger partial charge in [-0.1, -0.05) is 38.1 Å². The number of nitrogens with zero attached hydrogens (tertiary/aromatic N) is 1. The van der Waals surface area contributed by atoms with Crippen LogP contribution in [0, 0.1) is 5.92 Å². The molecular weight excluding hydrogens is 338 g/mol. The smallest absolute Gasteiger partial charge is 0.239 e. The van der Waals surface area contributed by atoms with Crippen molar-refractivity contribution in [2.45, 2.75) is 33.1 Å². The number of likely N-dealkylation sites (N-methyl/N-ethyl adjacent to an activating group) is 1. The van der Waals surface area contributed by atoms with Crippen LogP contribution in [0.3, 0.4) is 0 Å². The highest BCUT2D eigenvalue weighted by Crippen LogP contribution is 2.17. The summed E-state index contributed by atoms with van der Waals surface area (Å²) in [5.41, 5.74) is 2.25. The summed E-state index contributed by atoms with van der Waals surface area (Å²) in [6.45, 7) is 7.60. The Morgan fingerprint density at radius 2 is 1.64 bits per heavy atom. The quantitative estimate of drug-likeness (QED) is 0.701. The van der Waals surface area contributed by atoms with E-state index in [1.54, 1.807) is 0 Å². The van der Waals surface area contributed by atoms with Crippen molar-refractivity contribution < 1.29 is 9.59 Å². The van der Waals surface area contributed by atoms with E-state index in [9.17, 15) is 9.59 Å². The van der Waals surface area contributed by atoms with E-state index in [-0.39, 0.29) is 36.7 Å². The van der Waals surface area contributed by atoms with Crippen molar-refractivity contribution in [3.05, 3.63) is 35.4 Å². The van der Waals surface area contributed by atoms with Gasteiger partial charge < -0.3 is 15.5 Å². The SMILES string of the molecule is CC(C)Cc1ccc(C(C)C(=O)NCC(=O)NCCN(C)C)cc1.Cl. The van der Waals surface area contributed by atoms with Crippen LogP contribution < -0.4 is 10.6 Å². The van der Waals surface area contributed by atoms with Gasteiger partial charge in [0.1, 0.15) is 0 Å². The molecule has 0 bridgehead atoms. The number of rotatable bonds is 9. The Morgan fingerprint density at radius 3 is 2.16 bits per heavy atom. The second-order valence-electron chi connectivity index (χ2n) is 6.93. The number of hydrogen-bond donors (Lipinski definition) is 2. The van der Waals surface area contributed by atoms with E-state index in [0.717, 1.165) is 18.5 Å². The highest BCUT2D eigenvalue weighted by molar-refractivity contribution is 5.88. The molecule has 0 heterocycles. The van der Waals surface area contributed by atoms with Crippen molar-refractivity contribution in [1.29, 1.82) is 0 Å². The lowest BCUT2D eigenvalue weighted by Crippen LogP contribution is -2.40. The van der Waals surface area contributed by atoms with E-state index in [0.29, 0.717) is 12.5 Å². The molecule has 0 fully saturated rings. The van der Waals surface area contributed by atoms with E-state index in [2.05, 4.69) is 36.6 Å². The number of carbonyl (C=O) groups excluding carboxylic acids is 2. The lowest BCUT2D eigenvalue weighted by atomic mass is 9.96. The number of amides is 2. The van der Waals surface area contributed by atoms with E-state index in [1.807, 2.05) is 38.1 Å². The van der Waals surface area contributed by atoms with Crippen molar-refractivity contribution in [3.8, 4) is 0 Å². The van der Waals surface area contributed by atoms with Gasteiger partial charge in [0.2, 0.25) is 11.8 Å². The monoisotopic (exact) mass is 369 g/mol. The third kappa shape index (κ3) is 9.46. The molecule has 1 aromatic carbocycles. The molecule has 0 radical (unpaired) electrons. The Bertz CT molecular complexity index is 530. The van der Waals surface area contributed by atoms with Gasteiger partial charge in [0.25, 0.3) is 0 Å². The molecule has 1 aromatic rings. The maximum absolute atomic E-state index is 12.2. The van der Waals surface area contributed by atoms with Gasteiger partial charge in [-0.15, -0.1) is 12.4 Å². The molecule has 1 unspecified atom stereocenters. The molecule has 0 aliphatic heterocycles. The summed E-state index contributed by atoms with van der Waals surface area (Å²) in [5, 5.41) is 5.48. The summed E-state index contributed by atoms with van der Waals surface area (Å²) < 4.78 is 0. The number of halogens is 1. The minimum atomic E-state index is -0.271. The molecular formula is C19H32ClN3O2. The standard InChI is InChI=1S/C19H31N3O2.ClH/c1-14(2)12-16-6-8-17(9-7-16)15(3)19(24)21-13-18(23)20-10-11-22(4)5;/h6-9,14-15H,10-13H2,1-5H3,(H,20,23)(H,21,24);1H. The van der Waals surface area contributed by atoms with E-state index in [4.69, 9.17) is 0 Å². The van der Waals surface area contributed by atoms with Crippen LogP contribution in [0.15, 0.2) is 24.3 Å². The molecule has 0 saturated heterocycles. The molecule has 0 aliphatic carbocycles. The Kier molecular flexibility index (Phi) is 11.1. The molecule has 2 N–H and O–H groups in total. The zero-order valence-electron chi connectivity index (χ0n) is 16.0. The first-order valence-corrected chi connectivity index (χ1v) is 8.57. The second-order valence-corrected chi connectivity index (χ2v) is 6.93. The average Bonchev–Trinajstić information content (AvgIpc) is 2.51. The van der Waals surface area contributed by atoms with Crippen LogP contribution in [0.25, 0.3) is 0 Å². The van der Waals surface area contributed by atoms with Crippen LogP contribution in [0.4, 0.5) is 0 Å². The van der Waals surface area contributed by atoms with E-state index >= 15 is 0 Å². The summed E-state index contributed by atoms with van der Waals surface area (Å²) in [7, 11) is 3.89. The van der Waals surface area contributed by atoms with Gasteiger partial charge in [-0.2, -0.15) is 0 Å². The number of carbonyl (C=O) groups is 2. The normalized spacial score (nSPS) is 11.8. The topological polar surface area (TPSA) is 61.4 Å². The molecule has 0 aliphatic rings. The van der Waals surface area contributed by atoms with Gasteiger partial charge in [-0.25, -0.2) is 0 Å². The highest BCUT2D eigenvalue weighted by Gasteiger charge is 2.16. The first-order chi connectivity index (χ1) is 11.3. The van der Waals surface area contributed by atoms with Crippen LogP contribution >= 0.6 is 12.4 Å². The van der Waals surface area contributed by atoms with Crippen LogP contribution in [-0.4, -0.2) is 50.4 Å². The molecule has 5 nitrogen and oxygen atoms in total. The van der Waals surface area contributed by atoms with Gasteiger partial charge in [-0.3, -0.25) is 9.59 Å². The zero-order chi connectivity index (χ0) is 18.1. The van der Waals surface area contributed by atoms with E-state index in [1.165, 1.54) is 5.56 Å². The molecule has 1 atom stereocenters. The molecule has 2 amide bonds. The van der Waals surface area contributed by atoms with Gasteiger partial charge in [-0.05, 0) is 44.5 Å². The molecule has 25 heavy (non-hydrogen) atoms. The maximum Gasteiger partial charge on any atom is 0.239 e. The summed E-state index contributed by atoms with van der Waals surface area (Å²) in [5.74, 6) is 0.0503. The minimum Gasteiger partial charge on any atom is -0.353 e. The molecule has 6 heteroatoms. The highest BCUT2D eigenvalue weighted by atomic mass is 35.5. The van der Waals surface area contributed by atoms with Crippen LogP contribution in [0.5, 0.6) is 0 Å². The molecule has 0 spiro atoms. The second kappa shape index (κ2) is 11.9. The van der Waals surface area contributed by atoms with Crippen molar-refractivity contribution in [3.63, 3.8) is 0 Å². The van der Waals surface area contributed by atoms with Crippen LogP contribution in [0.2, 0.25) is 0 Å². The van der Waals surface area contributed by atoms with Crippen molar-refractivity contribution in [2.75, 3.05) is 33.7 Å². The fourth-order valence-electron chi connectivity index (χ4n) is 2.37.